The maximum absolute atomic E-state index is 11.9. The molecule has 2 N–H and O–H groups in total. The Balaban J connectivity index is 0.000000853. The SMILES string of the molecule is Cl.O=C(NC1(C2CC2)CC1)[C@H]1CCNC1. The summed E-state index contributed by atoms with van der Waals surface area (Å²) in [6.07, 6.45) is 6.14. The molecule has 15 heavy (non-hydrogen) atoms. The van der Waals surface area contributed by atoms with Gasteiger partial charge in [-0.15, -0.1) is 12.4 Å². The third kappa shape index (κ3) is 2.13. The van der Waals surface area contributed by atoms with Gasteiger partial charge in [0.1, 0.15) is 0 Å². The van der Waals surface area contributed by atoms with E-state index in [0.717, 1.165) is 25.4 Å². The molecule has 2 aliphatic carbocycles. The molecule has 4 heteroatoms. The topological polar surface area (TPSA) is 41.1 Å². The molecule has 0 spiro atoms. The summed E-state index contributed by atoms with van der Waals surface area (Å²) < 4.78 is 0. The van der Waals surface area contributed by atoms with Crippen molar-refractivity contribution in [1.29, 1.82) is 0 Å². The summed E-state index contributed by atoms with van der Waals surface area (Å²) in [6.45, 7) is 1.89. The second-order valence-electron chi connectivity index (χ2n) is 5.11. The van der Waals surface area contributed by atoms with Crippen LogP contribution in [0.4, 0.5) is 0 Å². The van der Waals surface area contributed by atoms with Crippen molar-refractivity contribution in [3.63, 3.8) is 0 Å². The molecule has 1 aliphatic heterocycles. The molecular formula is C11H19ClN2O. The predicted octanol–water partition coefficient (Wildman–Crippen LogP) is 1.08. The number of rotatable bonds is 3. The smallest absolute Gasteiger partial charge is 0.224 e. The normalized spacial score (nSPS) is 31.9. The average molecular weight is 231 g/mol. The van der Waals surface area contributed by atoms with Crippen molar-refractivity contribution in [3.05, 3.63) is 0 Å². The maximum Gasteiger partial charge on any atom is 0.224 e. The van der Waals surface area contributed by atoms with Crippen LogP contribution in [0.1, 0.15) is 32.1 Å². The van der Waals surface area contributed by atoms with Gasteiger partial charge in [-0.1, -0.05) is 0 Å². The Kier molecular flexibility index (Phi) is 2.95. The first-order valence-electron chi connectivity index (χ1n) is 5.83. The van der Waals surface area contributed by atoms with Crippen molar-refractivity contribution >= 4 is 18.3 Å². The van der Waals surface area contributed by atoms with Gasteiger partial charge in [-0.05, 0) is 44.6 Å². The minimum atomic E-state index is 0. The van der Waals surface area contributed by atoms with E-state index in [-0.39, 0.29) is 23.9 Å². The molecule has 3 nitrogen and oxygen atoms in total. The fourth-order valence-electron chi connectivity index (χ4n) is 2.63. The number of amides is 1. The van der Waals surface area contributed by atoms with Crippen molar-refractivity contribution in [1.82, 2.24) is 10.6 Å². The van der Waals surface area contributed by atoms with Gasteiger partial charge >= 0.3 is 0 Å². The minimum Gasteiger partial charge on any atom is -0.350 e. The highest BCUT2D eigenvalue weighted by Crippen LogP contribution is 2.53. The molecule has 3 rings (SSSR count). The summed E-state index contributed by atoms with van der Waals surface area (Å²) in [5.41, 5.74) is 0.264. The van der Waals surface area contributed by atoms with E-state index in [1.807, 2.05) is 0 Å². The Hall–Kier alpha value is -0.280. The van der Waals surface area contributed by atoms with E-state index < -0.39 is 0 Å². The lowest BCUT2D eigenvalue weighted by Crippen LogP contribution is -2.42. The van der Waals surface area contributed by atoms with Crippen LogP contribution in [-0.4, -0.2) is 24.5 Å². The highest BCUT2D eigenvalue weighted by Gasteiger charge is 2.55. The Morgan fingerprint density at radius 3 is 2.47 bits per heavy atom. The van der Waals surface area contributed by atoms with Crippen LogP contribution in [-0.2, 0) is 4.79 Å². The van der Waals surface area contributed by atoms with Crippen LogP contribution < -0.4 is 10.6 Å². The molecule has 1 atom stereocenters. The summed E-state index contributed by atoms with van der Waals surface area (Å²) in [7, 11) is 0. The van der Waals surface area contributed by atoms with Gasteiger partial charge in [0.2, 0.25) is 5.91 Å². The van der Waals surface area contributed by atoms with Gasteiger partial charge in [-0.2, -0.15) is 0 Å². The van der Waals surface area contributed by atoms with Crippen molar-refractivity contribution in [3.8, 4) is 0 Å². The van der Waals surface area contributed by atoms with Gasteiger partial charge in [0.05, 0.1) is 5.92 Å². The first kappa shape index (κ1) is 11.2. The molecule has 3 fully saturated rings. The molecule has 0 unspecified atom stereocenters. The zero-order valence-corrected chi connectivity index (χ0v) is 9.74. The third-order valence-corrected chi connectivity index (χ3v) is 3.95. The molecule has 0 bridgehead atoms. The molecule has 0 aromatic carbocycles. The molecule has 2 saturated carbocycles. The van der Waals surface area contributed by atoms with E-state index in [1.165, 1.54) is 25.7 Å². The Morgan fingerprint density at radius 2 is 2.00 bits per heavy atom. The molecule has 1 saturated heterocycles. The second kappa shape index (κ2) is 3.95. The average Bonchev–Trinajstić information content (AvgIpc) is 3.07. The lowest BCUT2D eigenvalue weighted by atomic mass is 10.1. The fraction of sp³-hybridized carbons (Fsp3) is 0.909. The van der Waals surface area contributed by atoms with Crippen LogP contribution in [0.2, 0.25) is 0 Å². The highest BCUT2D eigenvalue weighted by atomic mass is 35.5. The number of hydrogen-bond donors (Lipinski definition) is 2. The summed E-state index contributed by atoms with van der Waals surface area (Å²) in [5.74, 6) is 1.37. The summed E-state index contributed by atoms with van der Waals surface area (Å²) in [6, 6.07) is 0. The van der Waals surface area contributed by atoms with Crippen LogP contribution in [0, 0.1) is 11.8 Å². The van der Waals surface area contributed by atoms with Crippen LogP contribution in [0.15, 0.2) is 0 Å². The van der Waals surface area contributed by atoms with Gasteiger partial charge in [0.25, 0.3) is 0 Å². The number of hydrogen-bond acceptors (Lipinski definition) is 2. The minimum absolute atomic E-state index is 0. The van der Waals surface area contributed by atoms with E-state index in [1.54, 1.807) is 0 Å². The summed E-state index contributed by atoms with van der Waals surface area (Å²) in [4.78, 5) is 11.9. The zero-order valence-electron chi connectivity index (χ0n) is 8.92. The lowest BCUT2D eigenvalue weighted by molar-refractivity contribution is -0.125. The zero-order chi connectivity index (χ0) is 9.60. The number of carbonyl (C=O) groups excluding carboxylic acids is 1. The molecule has 0 aromatic heterocycles. The Labute approximate surface area is 96.8 Å². The molecule has 0 aromatic rings. The Bertz CT molecular complexity index is 255. The molecule has 1 amide bonds. The Morgan fingerprint density at radius 1 is 1.27 bits per heavy atom. The van der Waals surface area contributed by atoms with E-state index >= 15 is 0 Å². The van der Waals surface area contributed by atoms with Crippen molar-refractivity contribution in [2.45, 2.75) is 37.6 Å². The second-order valence-corrected chi connectivity index (χ2v) is 5.11. The number of carbonyl (C=O) groups is 1. The lowest BCUT2D eigenvalue weighted by Gasteiger charge is -2.19. The third-order valence-electron chi connectivity index (χ3n) is 3.95. The van der Waals surface area contributed by atoms with Crippen LogP contribution in [0.25, 0.3) is 0 Å². The monoisotopic (exact) mass is 230 g/mol. The molecule has 1 heterocycles. The number of nitrogens with one attached hydrogen (secondary N) is 2. The summed E-state index contributed by atoms with van der Waals surface area (Å²) >= 11 is 0. The van der Waals surface area contributed by atoms with Crippen molar-refractivity contribution in [2.24, 2.45) is 11.8 Å². The van der Waals surface area contributed by atoms with E-state index in [2.05, 4.69) is 10.6 Å². The van der Waals surface area contributed by atoms with Gasteiger partial charge in [0.15, 0.2) is 0 Å². The van der Waals surface area contributed by atoms with Gasteiger partial charge < -0.3 is 10.6 Å². The maximum atomic E-state index is 11.9. The first-order chi connectivity index (χ1) is 6.80. The van der Waals surface area contributed by atoms with Crippen LogP contribution >= 0.6 is 12.4 Å². The predicted molar refractivity (Wildman–Crippen MR) is 61.1 cm³/mol. The standard InChI is InChI=1S/C11H18N2O.ClH/c14-10(8-3-6-12-7-8)13-11(4-5-11)9-1-2-9;/h8-9,12H,1-7H2,(H,13,14);1H/t8-;/m0./s1. The highest BCUT2D eigenvalue weighted by molar-refractivity contribution is 5.85. The van der Waals surface area contributed by atoms with Gasteiger partial charge in [0, 0.05) is 12.1 Å². The van der Waals surface area contributed by atoms with Crippen LogP contribution in [0.5, 0.6) is 0 Å². The van der Waals surface area contributed by atoms with E-state index in [4.69, 9.17) is 0 Å². The van der Waals surface area contributed by atoms with Gasteiger partial charge in [-0.25, -0.2) is 0 Å². The largest absolute Gasteiger partial charge is 0.350 e. The quantitative estimate of drug-likeness (QED) is 0.762. The number of halogens is 1. The van der Waals surface area contributed by atoms with Crippen molar-refractivity contribution < 1.29 is 4.79 Å². The van der Waals surface area contributed by atoms with E-state index in [0.29, 0.717) is 5.91 Å². The van der Waals surface area contributed by atoms with Gasteiger partial charge in [-0.3, -0.25) is 4.79 Å². The first-order valence-corrected chi connectivity index (χ1v) is 5.83. The molecule has 0 radical (unpaired) electrons. The van der Waals surface area contributed by atoms with Crippen LogP contribution in [0.3, 0.4) is 0 Å². The molecule has 3 aliphatic rings. The van der Waals surface area contributed by atoms with E-state index in [9.17, 15) is 4.79 Å². The molecule has 86 valence electrons. The fourth-order valence-corrected chi connectivity index (χ4v) is 2.63. The summed E-state index contributed by atoms with van der Waals surface area (Å²) in [5, 5.41) is 6.54. The van der Waals surface area contributed by atoms with Crippen molar-refractivity contribution in [2.75, 3.05) is 13.1 Å². The molecular weight excluding hydrogens is 212 g/mol.